The molecule has 0 aliphatic rings. The van der Waals surface area contributed by atoms with Crippen molar-refractivity contribution < 1.29 is 53.8 Å². The second-order valence-corrected chi connectivity index (χ2v) is 12.2. The number of ether oxygens (including phenoxy) is 4. The van der Waals surface area contributed by atoms with E-state index < -0.39 is 18.0 Å². The van der Waals surface area contributed by atoms with Crippen LogP contribution in [0.1, 0.15) is 54.3 Å². The molecule has 0 fully saturated rings. The highest BCUT2D eigenvalue weighted by atomic mass is 32.1. The molecule has 2 aromatic heterocycles. The molecule has 0 saturated carbocycles. The van der Waals surface area contributed by atoms with E-state index in [1.54, 1.807) is 48.5 Å². The smallest absolute Gasteiger partial charge is 0.354 e. The zero-order valence-electron chi connectivity index (χ0n) is 31.2. The van der Waals surface area contributed by atoms with E-state index in [0.29, 0.717) is 95.9 Å². The molecule has 0 radical (unpaired) electrons. The van der Waals surface area contributed by atoms with Gasteiger partial charge in [-0.05, 0) is 54.2 Å². The standard InChI is InChI=1S/C38H50N6O11S/c45-17-13-43(27-31-3-1-5-33(41-31)37(48)49)15-21-54-25-26-55-22-16-44(14-18-46)35(32-4-2-6-34(42-32)38(50)51)29-7-9-30(10-8-29)36(47)40-12-20-53-24-23-52-19-11-39-28-56/h1-10,35,45-46H,11-27H2,(H,40,47)(H,48,49)(H,50,51). The molecular weight excluding hydrogens is 749 g/mol. The molecule has 56 heavy (non-hydrogen) atoms. The molecule has 2 heterocycles. The van der Waals surface area contributed by atoms with Crippen molar-refractivity contribution in [3.05, 3.63) is 94.6 Å². The lowest BCUT2D eigenvalue weighted by molar-refractivity contribution is 0.0245. The van der Waals surface area contributed by atoms with Crippen molar-refractivity contribution in [3.63, 3.8) is 0 Å². The molecule has 1 unspecified atom stereocenters. The SMILES string of the molecule is O=C(NCCOCCOCCN=C=S)c1ccc(C(c2cccc(C(=O)O)n2)N(CCO)CCOCCOCCN(CCO)Cc2cccc(C(=O)O)n2)cc1. The Hall–Kier alpha value is -4.59. The summed E-state index contributed by atoms with van der Waals surface area (Å²) in [6.45, 7) is 4.91. The minimum absolute atomic E-state index is 0.0469. The third-order valence-electron chi connectivity index (χ3n) is 8.10. The summed E-state index contributed by atoms with van der Waals surface area (Å²) in [6.07, 6.45) is 0. The van der Waals surface area contributed by atoms with Gasteiger partial charge in [-0.1, -0.05) is 24.3 Å². The van der Waals surface area contributed by atoms with E-state index in [2.05, 4.69) is 37.7 Å². The number of thiocarbonyl (C=S) groups is 1. The second-order valence-electron chi connectivity index (χ2n) is 12.0. The maximum atomic E-state index is 12.8. The molecule has 0 spiro atoms. The number of nitrogens with one attached hydrogen (secondary N) is 1. The number of hydrogen-bond donors (Lipinski definition) is 5. The number of carbonyl (C=O) groups is 3. The quantitative estimate of drug-likeness (QED) is 0.0367. The Morgan fingerprint density at radius 3 is 1.98 bits per heavy atom. The number of pyridine rings is 2. The van der Waals surface area contributed by atoms with Crippen LogP contribution >= 0.6 is 12.2 Å². The summed E-state index contributed by atoms with van der Waals surface area (Å²) in [4.78, 5) is 52.0. The topological polar surface area (TPSA) is 226 Å². The number of amides is 1. The van der Waals surface area contributed by atoms with Gasteiger partial charge >= 0.3 is 11.9 Å². The summed E-state index contributed by atoms with van der Waals surface area (Å²) in [5.74, 6) is -2.57. The number of benzene rings is 1. The van der Waals surface area contributed by atoms with Gasteiger partial charge in [0.05, 0.1) is 95.2 Å². The van der Waals surface area contributed by atoms with Crippen molar-refractivity contribution in [1.29, 1.82) is 0 Å². The minimum atomic E-state index is -1.17. The molecule has 1 aromatic carbocycles. The summed E-state index contributed by atoms with van der Waals surface area (Å²) in [6, 6.07) is 15.8. The van der Waals surface area contributed by atoms with Gasteiger partial charge in [-0.2, -0.15) is 0 Å². The fourth-order valence-corrected chi connectivity index (χ4v) is 5.54. The third kappa shape index (κ3) is 17.1. The number of aliphatic imine (C=N–C) groups is 1. The normalized spacial score (nSPS) is 11.7. The second kappa shape index (κ2) is 27.1. The summed E-state index contributed by atoms with van der Waals surface area (Å²) >= 11 is 4.50. The highest BCUT2D eigenvalue weighted by Gasteiger charge is 2.25. The van der Waals surface area contributed by atoms with Crippen LogP contribution in [-0.4, -0.2) is 169 Å². The Balaban J connectivity index is 1.53. The Morgan fingerprint density at radius 1 is 0.732 bits per heavy atom. The van der Waals surface area contributed by atoms with E-state index in [1.807, 2.05) is 9.80 Å². The van der Waals surface area contributed by atoms with E-state index in [4.69, 9.17) is 18.9 Å². The van der Waals surface area contributed by atoms with E-state index in [0.717, 1.165) is 5.56 Å². The predicted octanol–water partition coefficient (Wildman–Crippen LogP) is 1.65. The van der Waals surface area contributed by atoms with Gasteiger partial charge in [0.2, 0.25) is 0 Å². The fourth-order valence-electron chi connectivity index (χ4n) is 5.45. The lowest BCUT2D eigenvalue weighted by Gasteiger charge is -2.31. The number of carboxylic acids is 2. The van der Waals surface area contributed by atoms with Crippen LogP contribution in [-0.2, 0) is 25.5 Å². The number of isothiocyanates is 1. The van der Waals surface area contributed by atoms with Gasteiger partial charge in [-0.25, -0.2) is 24.5 Å². The van der Waals surface area contributed by atoms with Gasteiger partial charge in [0.15, 0.2) is 0 Å². The van der Waals surface area contributed by atoms with Gasteiger partial charge in [-0.3, -0.25) is 14.6 Å². The zero-order chi connectivity index (χ0) is 40.4. The molecule has 3 aromatic rings. The number of nitrogens with zero attached hydrogens (tertiary/aromatic N) is 5. The first kappa shape index (κ1) is 45.8. The average Bonchev–Trinajstić information content (AvgIpc) is 3.20. The van der Waals surface area contributed by atoms with Gasteiger partial charge in [-0.15, -0.1) is 0 Å². The van der Waals surface area contributed by atoms with Crippen LogP contribution in [0.4, 0.5) is 0 Å². The number of aliphatic hydroxyl groups is 2. The van der Waals surface area contributed by atoms with Crippen molar-refractivity contribution in [2.24, 2.45) is 4.99 Å². The maximum Gasteiger partial charge on any atom is 0.354 e. The molecule has 18 heteroatoms. The van der Waals surface area contributed by atoms with Crippen molar-refractivity contribution >= 4 is 35.2 Å². The van der Waals surface area contributed by atoms with Crippen molar-refractivity contribution in [1.82, 2.24) is 25.1 Å². The van der Waals surface area contributed by atoms with E-state index in [1.165, 1.54) is 12.1 Å². The van der Waals surface area contributed by atoms with Gasteiger partial charge in [0, 0.05) is 44.8 Å². The first-order valence-corrected chi connectivity index (χ1v) is 18.5. The molecular formula is C38H50N6O11S. The van der Waals surface area contributed by atoms with Crippen LogP contribution in [0.2, 0.25) is 0 Å². The summed E-state index contributed by atoms with van der Waals surface area (Å²) < 4.78 is 22.4. The van der Waals surface area contributed by atoms with Crippen LogP contribution in [0.15, 0.2) is 65.7 Å². The third-order valence-corrected chi connectivity index (χ3v) is 8.23. The van der Waals surface area contributed by atoms with E-state index >= 15 is 0 Å². The Kier molecular flexibility index (Phi) is 22.1. The van der Waals surface area contributed by atoms with Crippen LogP contribution in [0.5, 0.6) is 0 Å². The number of aromatic carboxylic acids is 2. The summed E-state index contributed by atoms with van der Waals surface area (Å²) in [5, 5.41) is 43.4. The van der Waals surface area contributed by atoms with Crippen LogP contribution in [0.25, 0.3) is 0 Å². The molecule has 0 aliphatic carbocycles. The van der Waals surface area contributed by atoms with Gasteiger partial charge in [0.1, 0.15) is 11.4 Å². The van der Waals surface area contributed by atoms with E-state index in [9.17, 15) is 34.8 Å². The molecule has 0 aliphatic heterocycles. The van der Waals surface area contributed by atoms with Gasteiger partial charge in [0.25, 0.3) is 5.91 Å². The van der Waals surface area contributed by atoms with Crippen molar-refractivity contribution in [2.75, 3.05) is 105 Å². The first-order valence-electron chi connectivity index (χ1n) is 18.1. The molecule has 3 rings (SSSR count). The average molecular weight is 799 g/mol. The summed E-state index contributed by atoms with van der Waals surface area (Å²) in [7, 11) is 0. The molecule has 304 valence electrons. The zero-order valence-corrected chi connectivity index (χ0v) is 32.0. The highest BCUT2D eigenvalue weighted by molar-refractivity contribution is 7.78. The number of carboxylic acid groups (broad SMARTS) is 2. The van der Waals surface area contributed by atoms with Crippen LogP contribution in [0, 0.1) is 0 Å². The Labute approximate surface area is 330 Å². The molecule has 1 atom stereocenters. The predicted molar refractivity (Wildman–Crippen MR) is 207 cm³/mol. The first-order chi connectivity index (χ1) is 27.3. The number of rotatable bonds is 30. The highest BCUT2D eigenvalue weighted by Crippen LogP contribution is 2.28. The van der Waals surface area contributed by atoms with Gasteiger partial charge < -0.3 is 44.7 Å². The van der Waals surface area contributed by atoms with E-state index in [-0.39, 0.29) is 50.3 Å². The summed E-state index contributed by atoms with van der Waals surface area (Å²) in [5.41, 5.74) is 1.99. The monoisotopic (exact) mass is 798 g/mol. The number of carbonyl (C=O) groups excluding carboxylic acids is 1. The molecule has 1 amide bonds. The Morgan fingerprint density at radius 2 is 1.34 bits per heavy atom. The molecule has 0 saturated heterocycles. The largest absolute Gasteiger partial charge is 0.477 e. The van der Waals surface area contributed by atoms with Crippen molar-refractivity contribution in [2.45, 2.75) is 12.6 Å². The van der Waals surface area contributed by atoms with Crippen LogP contribution in [0.3, 0.4) is 0 Å². The number of hydrogen-bond acceptors (Lipinski definition) is 15. The number of aromatic nitrogens is 2. The van der Waals surface area contributed by atoms with Crippen LogP contribution < -0.4 is 5.32 Å². The maximum absolute atomic E-state index is 12.8. The lowest BCUT2D eigenvalue weighted by atomic mass is 9.99. The number of aliphatic hydroxyl groups excluding tert-OH is 2. The minimum Gasteiger partial charge on any atom is -0.477 e. The Bertz CT molecular complexity index is 1680. The molecule has 17 nitrogen and oxygen atoms in total. The lowest BCUT2D eigenvalue weighted by Crippen LogP contribution is -2.36. The van der Waals surface area contributed by atoms with Crippen molar-refractivity contribution in [3.8, 4) is 0 Å². The fraction of sp³-hybridized carbons (Fsp3) is 0.474. The molecule has 5 N–H and O–H groups in total. The molecule has 0 bridgehead atoms.